The zero-order chi connectivity index (χ0) is 14.7. The summed E-state index contributed by atoms with van der Waals surface area (Å²) in [6.07, 6.45) is -4.59. The molecule has 0 aliphatic carbocycles. The van der Waals surface area contributed by atoms with Crippen LogP contribution in [-0.4, -0.2) is 40.7 Å². The van der Waals surface area contributed by atoms with Gasteiger partial charge in [-0.05, 0) is 18.2 Å². The fourth-order valence-corrected chi connectivity index (χ4v) is 1.78. The van der Waals surface area contributed by atoms with E-state index >= 15 is 0 Å². The molecule has 0 atom stereocenters. The SMILES string of the molecule is OCC(CO)(CO)Nc1cc(Br)ccc1C(F)(F)F. The first-order valence-corrected chi connectivity index (χ1v) is 6.05. The fourth-order valence-electron chi connectivity index (χ4n) is 1.42. The van der Waals surface area contributed by atoms with Crippen molar-refractivity contribution in [3.63, 3.8) is 0 Å². The largest absolute Gasteiger partial charge is 0.418 e. The summed E-state index contributed by atoms with van der Waals surface area (Å²) in [6.45, 7) is -2.16. The highest BCUT2D eigenvalue weighted by molar-refractivity contribution is 9.10. The van der Waals surface area contributed by atoms with Crippen molar-refractivity contribution >= 4 is 21.6 Å². The summed E-state index contributed by atoms with van der Waals surface area (Å²) >= 11 is 3.04. The van der Waals surface area contributed by atoms with Gasteiger partial charge < -0.3 is 20.6 Å². The van der Waals surface area contributed by atoms with Gasteiger partial charge in [-0.1, -0.05) is 15.9 Å². The standard InChI is InChI=1S/C11H13BrF3NO3/c12-7-1-2-8(11(13,14)15)9(3-7)16-10(4-17,5-18)6-19/h1-3,16-19H,4-6H2. The number of hydrogen-bond acceptors (Lipinski definition) is 4. The first kappa shape index (κ1) is 16.2. The minimum absolute atomic E-state index is 0.334. The van der Waals surface area contributed by atoms with Crippen molar-refractivity contribution in [3.05, 3.63) is 28.2 Å². The number of halogens is 4. The Morgan fingerprint density at radius 3 is 2.00 bits per heavy atom. The summed E-state index contributed by atoms with van der Waals surface area (Å²) in [6, 6.07) is 3.26. The molecule has 1 aromatic rings. The molecule has 0 aliphatic rings. The molecule has 4 N–H and O–H groups in total. The van der Waals surface area contributed by atoms with Gasteiger partial charge in [0.05, 0.1) is 25.4 Å². The molecule has 8 heteroatoms. The second-order valence-electron chi connectivity index (χ2n) is 4.07. The number of alkyl halides is 3. The Bertz CT molecular complexity index is 427. The van der Waals surface area contributed by atoms with Crippen molar-refractivity contribution in [1.82, 2.24) is 0 Å². The molecule has 1 rings (SSSR count). The first-order chi connectivity index (χ1) is 8.78. The summed E-state index contributed by atoms with van der Waals surface area (Å²) in [5.74, 6) is 0. The lowest BCUT2D eigenvalue weighted by Crippen LogP contribution is -2.49. The van der Waals surface area contributed by atoms with Crippen molar-refractivity contribution in [3.8, 4) is 0 Å². The molecule has 0 amide bonds. The van der Waals surface area contributed by atoms with E-state index in [0.29, 0.717) is 4.47 Å². The predicted octanol–water partition coefficient (Wildman–Crippen LogP) is 1.60. The molecular weight excluding hydrogens is 331 g/mol. The summed E-state index contributed by atoms with van der Waals surface area (Å²) in [7, 11) is 0. The normalized spacial score (nSPS) is 12.6. The predicted molar refractivity (Wildman–Crippen MR) is 66.8 cm³/mol. The van der Waals surface area contributed by atoms with Crippen LogP contribution in [0.25, 0.3) is 0 Å². The summed E-state index contributed by atoms with van der Waals surface area (Å²) in [5.41, 5.74) is -2.91. The van der Waals surface area contributed by atoms with E-state index in [0.717, 1.165) is 6.07 Å². The van der Waals surface area contributed by atoms with Gasteiger partial charge >= 0.3 is 6.18 Å². The van der Waals surface area contributed by atoms with E-state index in [1.165, 1.54) is 12.1 Å². The molecule has 1 aromatic carbocycles. The minimum atomic E-state index is -4.59. The van der Waals surface area contributed by atoms with Crippen molar-refractivity contribution in [2.75, 3.05) is 25.1 Å². The van der Waals surface area contributed by atoms with Crippen molar-refractivity contribution in [1.29, 1.82) is 0 Å². The molecule has 0 bridgehead atoms. The van der Waals surface area contributed by atoms with Gasteiger partial charge in [-0.25, -0.2) is 0 Å². The summed E-state index contributed by atoms with van der Waals surface area (Å²) in [4.78, 5) is 0. The third-order valence-corrected chi connectivity index (χ3v) is 3.09. The zero-order valence-electron chi connectivity index (χ0n) is 9.71. The van der Waals surface area contributed by atoms with E-state index in [9.17, 15) is 13.2 Å². The second kappa shape index (κ2) is 6.08. The van der Waals surface area contributed by atoms with Crippen LogP contribution in [0.15, 0.2) is 22.7 Å². The molecule has 0 spiro atoms. The van der Waals surface area contributed by atoms with Gasteiger partial charge in [-0.3, -0.25) is 0 Å². The average Bonchev–Trinajstić information content (AvgIpc) is 2.34. The van der Waals surface area contributed by atoms with Crippen LogP contribution in [0.1, 0.15) is 5.56 Å². The lowest BCUT2D eigenvalue weighted by Gasteiger charge is -2.31. The third-order valence-electron chi connectivity index (χ3n) is 2.59. The maximum absolute atomic E-state index is 12.8. The van der Waals surface area contributed by atoms with Crippen molar-refractivity contribution in [2.24, 2.45) is 0 Å². The molecule has 19 heavy (non-hydrogen) atoms. The summed E-state index contributed by atoms with van der Waals surface area (Å²) in [5, 5.41) is 29.7. The molecular formula is C11H13BrF3NO3. The summed E-state index contributed by atoms with van der Waals surface area (Å²) < 4.78 is 38.9. The van der Waals surface area contributed by atoms with Crippen LogP contribution in [0.2, 0.25) is 0 Å². The van der Waals surface area contributed by atoms with Gasteiger partial charge in [0.15, 0.2) is 0 Å². The van der Waals surface area contributed by atoms with Crippen molar-refractivity contribution in [2.45, 2.75) is 11.7 Å². The van der Waals surface area contributed by atoms with Crippen LogP contribution in [0.5, 0.6) is 0 Å². The topological polar surface area (TPSA) is 72.7 Å². The molecule has 108 valence electrons. The van der Waals surface area contributed by atoms with Gasteiger partial charge in [0.25, 0.3) is 0 Å². The van der Waals surface area contributed by atoms with Gasteiger partial charge in [-0.15, -0.1) is 0 Å². The van der Waals surface area contributed by atoms with E-state index in [1.54, 1.807) is 0 Å². The Morgan fingerprint density at radius 1 is 1.05 bits per heavy atom. The highest BCUT2D eigenvalue weighted by Crippen LogP contribution is 2.37. The van der Waals surface area contributed by atoms with Crippen LogP contribution in [0, 0.1) is 0 Å². The van der Waals surface area contributed by atoms with Crippen molar-refractivity contribution < 1.29 is 28.5 Å². The smallest absolute Gasteiger partial charge is 0.394 e. The van der Waals surface area contributed by atoms with E-state index in [1.807, 2.05) is 0 Å². The Kier molecular flexibility index (Phi) is 5.19. The number of nitrogens with one attached hydrogen (secondary N) is 1. The van der Waals surface area contributed by atoms with E-state index in [-0.39, 0.29) is 5.69 Å². The van der Waals surface area contributed by atoms with Crippen LogP contribution >= 0.6 is 15.9 Å². The van der Waals surface area contributed by atoms with Gasteiger partial charge in [0, 0.05) is 10.2 Å². The molecule has 0 heterocycles. The highest BCUT2D eigenvalue weighted by atomic mass is 79.9. The van der Waals surface area contributed by atoms with E-state index < -0.39 is 37.1 Å². The quantitative estimate of drug-likeness (QED) is 0.655. The molecule has 4 nitrogen and oxygen atoms in total. The van der Waals surface area contributed by atoms with E-state index in [2.05, 4.69) is 21.2 Å². The van der Waals surface area contributed by atoms with Crippen LogP contribution in [0.4, 0.5) is 18.9 Å². The fraction of sp³-hybridized carbons (Fsp3) is 0.455. The Morgan fingerprint density at radius 2 is 1.58 bits per heavy atom. The molecule has 0 aliphatic heterocycles. The Balaban J connectivity index is 3.22. The molecule has 0 radical (unpaired) electrons. The molecule has 0 aromatic heterocycles. The number of aliphatic hydroxyl groups excluding tert-OH is 3. The first-order valence-electron chi connectivity index (χ1n) is 5.25. The number of benzene rings is 1. The van der Waals surface area contributed by atoms with Gasteiger partial charge in [-0.2, -0.15) is 13.2 Å². The second-order valence-corrected chi connectivity index (χ2v) is 4.98. The van der Waals surface area contributed by atoms with E-state index in [4.69, 9.17) is 15.3 Å². The van der Waals surface area contributed by atoms with Gasteiger partial charge in [0.2, 0.25) is 0 Å². The number of hydrogen-bond donors (Lipinski definition) is 4. The number of anilines is 1. The monoisotopic (exact) mass is 343 g/mol. The molecule has 0 saturated carbocycles. The lowest BCUT2D eigenvalue weighted by molar-refractivity contribution is -0.137. The molecule has 0 fully saturated rings. The van der Waals surface area contributed by atoms with Crippen LogP contribution < -0.4 is 5.32 Å². The maximum atomic E-state index is 12.8. The maximum Gasteiger partial charge on any atom is 0.418 e. The van der Waals surface area contributed by atoms with Crippen LogP contribution in [0.3, 0.4) is 0 Å². The third kappa shape index (κ3) is 3.82. The highest BCUT2D eigenvalue weighted by Gasteiger charge is 2.36. The average molecular weight is 344 g/mol. The Hall–Kier alpha value is -0.830. The van der Waals surface area contributed by atoms with Crippen LogP contribution in [-0.2, 0) is 6.18 Å². The number of rotatable bonds is 5. The zero-order valence-corrected chi connectivity index (χ0v) is 11.3. The molecule has 0 unspecified atom stereocenters. The molecule has 0 saturated heterocycles. The lowest BCUT2D eigenvalue weighted by atomic mass is 10.0. The number of aliphatic hydroxyl groups is 3. The Labute approximate surface area is 116 Å². The van der Waals surface area contributed by atoms with Gasteiger partial charge in [0.1, 0.15) is 5.54 Å². The minimum Gasteiger partial charge on any atom is -0.394 e.